The maximum atomic E-state index is 12.6. The smallest absolute Gasteiger partial charge is 0.472 e. The first-order valence-electron chi connectivity index (χ1n) is 23.2. The van der Waals surface area contributed by atoms with E-state index in [0.29, 0.717) is 12.8 Å². The number of nitrogens with two attached hydrogens (primary N) is 1. The Kier molecular flexibility index (Phi) is 39.7. The Bertz CT molecular complexity index is 1030. The molecule has 1 unspecified atom stereocenters. The molecule has 0 rings (SSSR count). The summed E-state index contributed by atoms with van der Waals surface area (Å²) in [6.07, 6.45) is 41.3. The van der Waals surface area contributed by atoms with E-state index in [1.54, 1.807) is 0 Å². The molecule has 0 aliphatic heterocycles. The minimum absolute atomic E-state index is 0.166. The van der Waals surface area contributed by atoms with Crippen molar-refractivity contribution < 1.29 is 47.5 Å². The minimum atomic E-state index is -4.71. The zero-order valence-corrected chi connectivity index (χ0v) is 37.3. The fraction of sp³-hybridized carbons (Fsp3) is 0.889. The van der Waals surface area contributed by atoms with Crippen LogP contribution in [-0.4, -0.2) is 59.9 Å². The number of hydrogen-bond acceptors (Lipinski definition) is 9. The predicted octanol–water partition coefficient (Wildman–Crippen LogP) is 12.5. The minimum Gasteiger partial charge on any atom is -0.480 e. The number of esters is 2. The van der Waals surface area contributed by atoms with Crippen molar-refractivity contribution in [2.45, 2.75) is 238 Å². The van der Waals surface area contributed by atoms with Crippen molar-refractivity contribution in [3.63, 3.8) is 0 Å². The predicted molar refractivity (Wildman–Crippen MR) is 231 cm³/mol. The highest BCUT2D eigenvalue weighted by molar-refractivity contribution is 7.47. The molecule has 0 radical (unpaired) electrons. The largest absolute Gasteiger partial charge is 0.480 e. The Morgan fingerprint density at radius 1 is 0.526 bits per heavy atom. The quantitative estimate of drug-likeness (QED) is 0.0231. The molecule has 0 aliphatic rings. The van der Waals surface area contributed by atoms with Crippen LogP contribution >= 0.6 is 7.82 Å². The monoisotopic (exact) mass is 832 g/mol. The molecule has 0 aliphatic carbocycles. The van der Waals surface area contributed by atoms with Crippen molar-refractivity contribution in [1.29, 1.82) is 0 Å². The second-order valence-corrected chi connectivity index (χ2v) is 17.3. The van der Waals surface area contributed by atoms with E-state index in [4.69, 9.17) is 24.8 Å². The number of carboxylic acid groups (broad SMARTS) is 1. The molecule has 0 bridgehead atoms. The fourth-order valence-corrected chi connectivity index (χ4v) is 7.37. The third kappa shape index (κ3) is 40.8. The zero-order chi connectivity index (χ0) is 42.1. The van der Waals surface area contributed by atoms with Crippen LogP contribution in [0.3, 0.4) is 0 Å². The highest BCUT2D eigenvalue weighted by atomic mass is 31.2. The van der Waals surface area contributed by atoms with E-state index in [0.717, 1.165) is 57.8 Å². The number of aliphatic carboxylic acids is 1. The summed E-state index contributed by atoms with van der Waals surface area (Å²) in [5.74, 6) is -2.37. The first-order chi connectivity index (χ1) is 27.6. The highest BCUT2D eigenvalue weighted by Gasteiger charge is 2.28. The standard InChI is InChI=1S/C45H86NO10P/c1-3-5-7-9-11-13-15-17-18-19-20-21-22-23-25-27-29-31-33-35-37-44(48)56-41(39-54-57(51,52)55-40-42(46)45(49)50)38-53-43(47)36-34-32-30-28-26-24-16-14-12-10-8-6-4-2/h14,16,41-42H,3-13,15,17-40,46H2,1-2H3,(H,49,50)(H,51,52)/b16-14+/t41-,42-/m0/s1. The van der Waals surface area contributed by atoms with Gasteiger partial charge in [0, 0.05) is 12.8 Å². The number of phosphoric ester groups is 1. The summed E-state index contributed by atoms with van der Waals surface area (Å²) in [6, 6.07) is -1.52. The molecule has 0 heterocycles. The normalized spacial score (nSPS) is 13.8. The Balaban J connectivity index is 4.26. The third-order valence-electron chi connectivity index (χ3n) is 10.3. The Labute approximate surface area is 348 Å². The number of carbonyl (C=O) groups excluding carboxylic acids is 2. The van der Waals surface area contributed by atoms with Crippen LogP contribution in [0.25, 0.3) is 0 Å². The van der Waals surface area contributed by atoms with Gasteiger partial charge in [0.2, 0.25) is 0 Å². The van der Waals surface area contributed by atoms with Crippen LogP contribution in [0, 0.1) is 0 Å². The second-order valence-electron chi connectivity index (χ2n) is 15.9. The van der Waals surface area contributed by atoms with Crippen LogP contribution in [0.15, 0.2) is 12.2 Å². The summed E-state index contributed by atoms with van der Waals surface area (Å²) in [5, 5.41) is 8.89. The van der Waals surface area contributed by atoms with Gasteiger partial charge in [-0.15, -0.1) is 0 Å². The molecule has 0 fully saturated rings. The van der Waals surface area contributed by atoms with Crippen LogP contribution in [0.4, 0.5) is 0 Å². The van der Waals surface area contributed by atoms with Crippen molar-refractivity contribution in [2.24, 2.45) is 5.73 Å². The van der Waals surface area contributed by atoms with Gasteiger partial charge in [0.1, 0.15) is 12.6 Å². The van der Waals surface area contributed by atoms with Gasteiger partial charge in [-0.3, -0.25) is 23.4 Å². The van der Waals surface area contributed by atoms with E-state index in [1.165, 1.54) is 128 Å². The lowest BCUT2D eigenvalue weighted by Gasteiger charge is -2.20. The molecule has 336 valence electrons. The SMILES string of the molecule is CCCCCC/C=C/CCCCCCCC(=O)OC[C@@H](COP(=O)(O)OC[C@H](N)C(=O)O)OC(=O)CCCCCCCCCCCCCCCCCCCCCC. The lowest BCUT2D eigenvalue weighted by Crippen LogP contribution is -2.34. The second kappa shape index (κ2) is 41.0. The number of allylic oxidation sites excluding steroid dienone is 2. The van der Waals surface area contributed by atoms with E-state index in [9.17, 15) is 23.8 Å². The van der Waals surface area contributed by atoms with Gasteiger partial charge in [-0.1, -0.05) is 187 Å². The van der Waals surface area contributed by atoms with E-state index < -0.39 is 51.1 Å². The fourth-order valence-electron chi connectivity index (χ4n) is 6.59. The molecule has 57 heavy (non-hydrogen) atoms. The topological polar surface area (TPSA) is 172 Å². The van der Waals surface area contributed by atoms with Gasteiger partial charge in [0.25, 0.3) is 0 Å². The Hall–Kier alpha value is -1.78. The molecule has 0 saturated carbocycles. The number of carbonyl (C=O) groups is 3. The molecule has 0 aromatic carbocycles. The lowest BCUT2D eigenvalue weighted by molar-refractivity contribution is -0.161. The van der Waals surface area contributed by atoms with Crippen LogP contribution in [0.2, 0.25) is 0 Å². The van der Waals surface area contributed by atoms with Crippen LogP contribution in [0.1, 0.15) is 226 Å². The maximum absolute atomic E-state index is 12.6. The van der Waals surface area contributed by atoms with Crippen molar-refractivity contribution in [1.82, 2.24) is 0 Å². The molecule has 0 saturated heterocycles. The van der Waals surface area contributed by atoms with Gasteiger partial charge in [-0.05, 0) is 38.5 Å². The van der Waals surface area contributed by atoms with Gasteiger partial charge < -0.3 is 25.2 Å². The van der Waals surface area contributed by atoms with Crippen LogP contribution in [-0.2, 0) is 37.5 Å². The van der Waals surface area contributed by atoms with Gasteiger partial charge >= 0.3 is 25.7 Å². The highest BCUT2D eigenvalue weighted by Crippen LogP contribution is 2.43. The molecule has 12 heteroatoms. The Morgan fingerprint density at radius 3 is 1.30 bits per heavy atom. The Morgan fingerprint density at radius 2 is 0.877 bits per heavy atom. The molecule has 0 amide bonds. The van der Waals surface area contributed by atoms with Gasteiger partial charge in [0.05, 0.1) is 13.2 Å². The zero-order valence-electron chi connectivity index (χ0n) is 36.5. The van der Waals surface area contributed by atoms with Crippen molar-refractivity contribution in [3.8, 4) is 0 Å². The lowest BCUT2D eigenvalue weighted by atomic mass is 10.0. The number of unbranched alkanes of at least 4 members (excludes halogenated alkanes) is 28. The van der Waals surface area contributed by atoms with Crippen LogP contribution < -0.4 is 5.73 Å². The molecular weight excluding hydrogens is 745 g/mol. The molecular formula is C45H86NO10P. The number of ether oxygens (including phenoxy) is 2. The maximum Gasteiger partial charge on any atom is 0.472 e. The summed E-state index contributed by atoms with van der Waals surface area (Å²) in [6.45, 7) is 2.81. The van der Waals surface area contributed by atoms with Crippen molar-refractivity contribution in [3.05, 3.63) is 12.2 Å². The summed E-state index contributed by atoms with van der Waals surface area (Å²) in [4.78, 5) is 46.0. The number of hydrogen-bond donors (Lipinski definition) is 3. The summed E-state index contributed by atoms with van der Waals surface area (Å²) in [7, 11) is -4.71. The van der Waals surface area contributed by atoms with Crippen molar-refractivity contribution in [2.75, 3.05) is 19.8 Å². The van der Waals surface area contributed by atoms with E-state index >= 15 is 0 Å². The van der Waals surface area contributed by atoms with Gasteiger partial charge in [-0.2, -0.15) is 0 Å². The number of phosphoric acid groups is 1. The van der Waals surface area contributed by atoms with Crippen LogP contribution in [0.5, 0.6) is 0 Å². The summed E-state index contributed by atoms with van der Waals surface area (Å²) in [5.41, 5.74) is 5.34. The summed E-state index contributed by atoms with van der Waals surface area (Å²) >= 11 is 0. The molecule has 0 spiro atoms. The molecule has 0 aromatic rings. The first-order valence-corrected chi connectivity index (χ1v) is 24.7. The van der Waals surface area contributed by atoms with E-state index in [1.807, 2.05) is 0 Å². The van der Waals surface area contributed by atoms with E-state index in [-0.39, 0.29) is 19.4 Å². The number of carboxylic acids is 1. The molecule has 3 atom stereocenters. The summed E-state index contributed by atoms with van der Waals surface area (Å²) < 4.78 is 32.7. The third-order valence-corrected chi connectivity index (χ3v) is 11.2. The van der Waals surface area contributed by atoms with Crippen molar-refractivity contribution >= 4 is 25.7 Å². The molecule has 11 nitrogen and oxygen atoms in total. The average Bonchev–Trinajstić information content (AvgIpc) is 3.19. The number of rotatable bonds is 44. The molecule has 4 N–H and O–H groups in total. The first kappa shape index (κ1) is 55.2. The van der Waals surface area contributed by atoms with Gasteiger partial charge in [-0.25, -0.2) is 4.57 Å². The van der Waals surface area contributed by atoms with E-state index in [2.05, 4.69) is 30.5 Å². The van der Waals surface area contributed by atoms with Gasteiger partial charge in [0.15, 0.2) is 6.10 Å². The molecule has 0 aromatic heterocycles. The average molecular weight is 832 g/mol.